The molecule has 0 aromatic heterocycles. The van der Waals surface area contributed by atoms with Crippen molar-refractivity contribution in [2.45, 2.75) is 32.2 Å². The Labute approximate surface area is 171 Å². The predicted molar refractivity (Wildman–Crippen MR) is 114 cm³/mol. The van der Waals surface area contributed by atoms with Crippen molar-refractivity contribution in [2.75, 3.05) is 14.2 Å². The van der Waals surface area contributed by atoms with Gasteiger partial charge in [0.2, 0.25) is 5.91 Å². The maximum absolute atomic E-state index is 12.4. The third-order valence-electron chi connectivity index (χ3n) is 5.74. The van der Waals surface area contributed by atoms with Gasteiger partial charge in [-0.05, 0) is 66.3 Å². The minimum Gasteiger partial charge on any atom is -0.497 e. The minimum atomic E-state index is -0.0621. The highest BCUT2D eigenvalue weighted by atomic mass is 16.5. The maximum Gasteiger partial charge on any atom is 0.240 e. The van der Waals surface area contributed by atoms with Gasteiger partial charge >= 0.3 is 0 Å². The topological polar surface area (TPSA) is 51.1 Å². The predicted octanol–water partition coefficient (Wildman–Crippen LogP) is 4.85. The Morgan fingerprint density at radius 1 is 1.03 bits per heavy atom. The maximum atomic E-state index is 12.4. The quantitative estimate of drug-likeness (QED) is 0.750. The molecule has 2 aromatic rings. The first kappa shape index (κ1) is 19.2. The Bertz CT molecular complexity index is 945. The second kappa shape index (κ2) is 8.11. The van der Waals surface area contributed by atoms with Gasteiger partial charge in [-0.1, -0.05) is 24.3 Å². The number of benzene rings is 2. The van der Waals surface area contributed by atoms with Gasteiger partial charge in [-0.3, -0.25) is 4.79 Å². The molecule has 1 fully saturated rings. The van der Waals surface area contributed by atoms with Crippen LogP contribution in [0.5, 0.6) is 11.5 Å². The molecule has 0 saturated heterocycles. The number of methoxy groups -OCH3 is 2. The van der Waals surface area contributed by atoms with E-state index in [-0.39, 0.29) is 17.9 Å². The van der Waals surface area contributed by atoms with Crippen LogP contribution in [0.2, 0.25) is 0 Å². The van der Waals surface area contributed by atoms with Crippen LogP contribution < -0.4 is 9.47 Å². The van der Waals surface area contributed by atoms with Gasteiger partial charge in [-0.15, -0.1) is 0 Å². The van der Waals surface area contributed by atoms with E-state index in [2.05, 4.69) is 18.2 Å². The molecule has 2 atom stereocenters. The molecule has 0 N–H and O–H groups in total. The van der Waals surface area contributed by atoms with Crippen LogP contribution in [0.25, 0.3) is 6.08 Å². The van der Waals surface area contributed by atoms with Crippen LogP contribution in [0.15, 0.2) is 59.2 Å². The van der Waals surface area contributed by atoms with Crippen molar-refractivity contribution in [1.82, 2.24) is 5.01 Å². The molecule has 4 rings (SSSR count). The van der Waals surface area contributed by atoms with Gasteiger partial charge in [0.15, 0.2) is 0 Å². The van der Waals surface area contributed by atoms with Crippen LogP contribution in [0, 0.1) is 5.92 Å². The van der Waals surface area contributed by atoms with Crippen LogP contribution in [0.1, 0.15) is 43.4 Å². The third kappa shape index (κ3) is 3.77. The summed E-state index contributed by atoms with van der Waals surface area (Å²) < 4.78 is 10.5. The first-order valence-corrected chi connectivity index (χ1v) is 9.98. The fraction of sp³-hybridized carbons (Fsp3) is 0.333. The Balaban J connectivity index is 1.68. The second-order valence-electron chi connectivity index (χ2n) is 7.51. The number of carbonyl (C=O) groups excluding carboxylic acids is 1. The van der Waals surface area contributed by atoms with Crippen molar-refractivity contribution in [3.8, 4) is 11.5 Å². The normalized spacial score (nSPS) is 22.2. The zero-order chi connectivity index (χ0) is 20.4. The smallest absolute Gasteiger partial charge is 0.240 e. The lowest BCUT2D eigenvalue weighted by atomic mass is 9.77. The summed E-state index contributed by atoms with van der Waals surface area (Å²) in [5.41, 5.74) is 4.47. The largest absolute Gasteiger partial charge is 0.497 e. The molecular weight excluding hydrogens is 364 g/mol. The van der Waals surface area contributed by atoms with Crippen LogP contribution in [0.3, 0.4) is 0 Å². The van der Waals surface area contributed by atoms with Crippen molar-refractivity contribution >= 4 is 17.7 Å². The summed E-state index contributed by atoms with van der Waals surface area (Å²) in [5.74, 6) is 1.84. The van der Waals surface area contributed by atoms with E-state index in [0.29, 0.717) is 0 Å². The molecule has 29 heavy (non-hydrogen) atoms. The lowest BCUT2D eigenvalue weighted by Crippen LogP contribution is -2.30. The Morgan fingerprint density at radius 3 is 2.24 bits per heavy atom. The highest BCUT2D eigenvalue weighted by Gasteiger charge is 2.42. The molecule has 5 nitrogen and oxygen atoms in total. The van der Waals surface area contributed by atoms with Gasteiger partial charge in [0, 0.05) is 12.8 Å². The van der Waals surface area contributed by atoms with E-state index >= 15 is 0 Å². The summed E-state index contributed by atoms with van der Waals surface area (Å²) in [6.45, 7) is 1.59. The number of nitrogens with zero attached hydrogens (tertiary/aromatic N) is 2. The van der Waals surface area contributed by atoms with E-state index in [9.17, 15) is 4.79 Å². The first-order chi connectivity index (χ1) is 14.1. The highest BCUT2D eigenvalue weighted by Crippen LogP contribution is 2.44. The molecule has 150 valence electrons. The van der Waals surface area contributed by atoms with Gasteiger partial charge < -0.3 is 9.47 Å². The molecule has 1 saturated carbocycles. The lowest BCUT2D eigenvalue weighted by molar-refractivity contribution is -0.131. The number of fused-ring (bicyclic) bond motifs is 1. The average Bonchev–Trinajstić information content (AvgIpc) is 3.15. The molecule has 1 aliphatic heterocycles. The third-order valence-corrected chi connectivity index (χ3v) is 5.74. The number of rotatable bonds is 4. The summed E-state index contributed by atoms with van der Waals surface area (Å²) in [4.78, 5) is 12.4. The van der Waals surface area contributed by atoms with Crippen molar-refractivity contribution < 1.29 is 14.3 Å². The molecule has 0 unspecified atom stereocenters. The number of carbonyl (C=O) groups is 1. The van der Waals surface area contributed by atoms with E-state index in [1.807, 2.05) is 36.4 Å². The summed E-state index contributed by atoms with van der Waals surface area (Å²) in [7, 11) is 3.33. The fourth-order valence-electron chi connectivity index (χ4n) is 4.30. The Morgan fingerprint density at radius 2 is 1.66 bits per heavy atom. The molecule has 1 amide bonds. The molecule has 1 aliphatic carbocycles. The van der Waals surface area contributed by atoms with E-state index in [1.165, 1.54) is 5.57 Å². The van der Waals surface area contributed by atoms with E-state index in [0.717, 1.165) is 47.6 Å². The van der Waals surface area contributed by atoms with E-state index < -0.39 is 0 Å². The number of allylic oxidation sites excluding steroid dienone is 1. The zero-order valence-corrected chi connectivity index (χ0v) is 17.1. The van der Waals surface area contributed by atoms with Gasteiger partial charge in [0.25, 0.3) is 0 Å². The number of hydrogen-bond donors (Lipinski definition) is 0. The number of amides is 1. The molecule has 1 heterocycles. The molecule has 2 aliphatic rings. The summed E-state index contributed by atoms with van der Waals surface area (Å²) in [5, 5.41) is 6.46. The molecular formula is C24H26N2O3. The van der Waals surface area contributed by atoms with E-state index in [4.69, 9.17) is 14.6 Å². The summed E-state index contributed by atoms with van der Waals surface area (Å²) >= 11 is 0. The van der Waals surface area contributed by atoms with Crippen LogP contribution in [-0.2, 0) is 4.79 Å². The Kier molecular flexibility index (Phi) is 5.38. The highest BCUT2D eigenvalue weighted by molar-refractivity contribution is 6.08. The van der Waals surface area contributed by atoms with Crippen molar-refractivity contribution in [1.29, 1.82) is 0 Å². The zero-order valence-electron chi connectivity index (χ0n) is 17.1. The van der Waals surface area contributed by atoms with Gasteiger partial charge in [0.1, 0.15) is 11.5 Å². The first-order valence-electron chi connectivity index (χ1n) is 9.98. The van der Waals surface area contributed by atoms with Gasteiger partial charge in [0.05, 0.1) is 26.0 Å². The monoisotopic (exact) mass is 390 g/mol. The van der Waals surface area contributed by atoms with Crippen LogP contribution >= 0.6 is 0 Å². The lowest BCUT2D eigenvalue weighted by Gasteiger charge is -2.29. The summed E-state index contributed by atoms with van der Waals surface area (Å²) in [6, 6.07) is 15.9. The molecule has 0 radical (unpaired) electrons. The van der Waals surface area contributed by atoms with E-state index in [1.54, 1.807) is 26.2 Å². The molecule has 0 bridgehead atoms. The van der Waals surface area contributed by atoms with Crippen molar-refractivity contribution in [2.24, 2.45) is 11.0 Å². The number of hydrazone groups is 1. The van der Waals surface area contributed by atoms with Crippen molar-refractivity contribution in [3.63, 3.8) is 0 Å². The molecule has 0 spiro atoms. The number of hydrogen-bond acceptors (Lipinski definition) is 4. The molecule has 2 aromatic carbocycles. The van der Waals surface area contributed by atoms with Crippen LogP contribution in [-0.4, -0.2) is 30.8 Å². The van der Waals surface area contributed by atoms with Crippen LogP contribution in [0.4, 0.5) is 0 Å². The fourth-order valence-corrected chi connectivity index (χ4v) is 4.30. The number of ether oxygens (including phenoxy) is 2. The summed E-state index contributed by atoms with van der Waals surface area (Å²) in [6.07, 6.45) is 5.28. The standard InChI is InChI=1S/C24H26N2O3/c1-16(27)26-24(18-9-13-21(29-3)14-10-18)22-6-4-5-19(23(22)25-26)15-17-7-11-20(28-2)12-8-17/h7-15,22,24H,4-6H2,1-3H3/b19-15-/t22-,24+/m1/s1. The van der Waals surface area contributed by atoms with Gasteiger partial charge in [-0.25, -0.2) is 5.01 Å². The second-order valence-corrected chi connectivity index (χ2v) is 7.51. The molecule has 5 heteroatoms. The average molecular weight is 390 g/mol. The van der Waals surface area contributed by atoms with Gasteiger partial charge in [-0.2, -0.15) is 5.10 Å². The SMILES string of the molecule is COc1ccc(/C=C2/CCC[C@@H]3C2=NN(C(C)=O)[C@H]3c2ccc(OC)cc2)cc1. The minimum absolute atomic E-state index is 0.0310. The van der Waals surface area contributed by atoms with Crippen molar-refractivity contribution in [3.05, 3.63) is 65.2 Å². The Hall–Kier alpha value is -3.08.